The summed E-state index contributed by atoms with van der Waals surface area (Å²) in [4.78, 5) is 24.4. The molecule has 4 rings (SSSR count). The summed E-state index contributed by atoms with van der Waals surface area (Å²) in [7, 11) is -3.62. The van der Waals surface area contributed by atoms with Gasteiger partial charge >= 0.3 is 11.7 Å². The molecule has 0 bridgehead atoms. The molecule has 1 aliphatic rings. The molecular weight excluding hydrogens is 432 g/mol. The van der Waals surface area contributed by atoms with E-state index in [-0.39, 0.29) is 23.4 Å². The number of oxazole rings is 1. The number of hydrogen-bond donors (Lipinski definition) is 0. The van der Waals surface area contributed by atoms with Gasteiger partial charge in [-0.1, -0.05) is 17.7 Å². The van der Waals surface area contributed by atoms with Gasteiger partial charge in [0.25, 0.3) is 0 Å². The lowest BCUT2D eigenvalue weighted by molar-refractivity contribution is -0.134. The molecule has 0 N–H and O–H groups in total. The normalized spacial score (nSPS) is 15.0. The molecule has 0 aliphatic carbocycles. The van der Waals surface area contributed by atoms with Gasteiger partial charge in [-0.3, -0.25) is 9.36 Å². The number of fused-ring (bicyclic) bond motifs is 1. The highest BCUT2D eigenvalue weighted by atomic mass is 35.5. The lowest BCUT2D eigenvalue weighted by atomic mass is 10.3. The number of aromatic nitrogens is 1. The summed E-state index contributed by atoms with van der Waals surface area (Å²) in [6.07, 6.45) is 1.59. The topological polar surface area (TPSA) is 98.8 Å². The Bertz CT molecular complexity index is 1260. The molecule has 1 fully saturated rings. The number of benzene rings is 2. The molecule has 2 aromatic carbocycles. The lowest BCUT2D eigenvalue weighted by Gasteiger charge is -2.15. The van der Waals surface area contributed by atoms with Crippen molar-refractivity contribution in [2.45, 2.75) is 30.7 Å². The first-order valence-electron chi connectivity index (χ1n) is 9.44. The Hall–Kier alpha value is -2.62. The fraction of sp³-hybridized carbons (Fsp3) is 0.300. The van der Waals surface area contributed by atoms with Crippen molar-refractivity contribution in [2.75, 3.05) is 13.1 Å². The Labute approximate surface area is 177 Å². The van der Waals surface area contributed by atoms with Crippen molar-refractivity contribution >= 4 is 38.7 Å². The lowest BCUT2D eigenvalue weighted by Crippen LogP contribution is -2.27. The zero-order valence-corrected chi connectivity index (χ0v) is 17.5. The van der Waals surface area contributed by atoms with E-state index in [0.717, 1.165) is 12.8 Å². The molecular formula is C20H19ClN2O6S. The van der Waals surface area contributed by atoms with Crippen LogP contribution in [-0.4, -0.2) is 36.3 Å². The van der Waals surface area contributed by atoms with Gasteiger partial charge in [0.2, 0.25) is 10.0 Å². The van der Waals surface area contributed by atoms with Crippen molar-refractivity contribution in [3.8, 4) is 5.75 Å². The number of hydrogen-bond acceptors (Lipinski definition) is 6. The average molecular weight is 451 g/mol. The van der Waals surface area contributed by atoms with Crippen molar-refractivity contribution < 1.29 is 22.4 Å². The molecule has 3 aromatic rings. The molecule has 10 heteroatoms. The molecule has 1 aromatic heterocycles. The third-order valence-electron chi connectivity index (χ3n) is 4.91. The molecule has 0 spiro atoms. The fourth-order valence-corrected chi connectivity index (χ4v) is 5.13. The van der Waals surface area contributed by atoms with Crippen LogP contribution in [0.1, 0.15) is 19.3 Å². The number of esters is 1. The predicted molar refractivity (Wildman–Crippen MR) is 110 cm³/mol. The van der Waals surface area contributed by atoms with E-state index in [2.05, 4.69) is 0 Å². The van der Waals surface area contributed by atoms with E-state index in [9.17, 15) is 18.0 Å². The summed E-state index contributed by atoms with van der Waals surface area (Å²) >= 11 is 5.86. The molecule has 1 aliphatic heterocycles. The van der Waals surface area contributed by atoms with Crippen LogP contribution in [0.15, 0.2) is 56.6 Å². The van der Waals surface area contributed by atoms with Gasteiger partial charge in [0.1, 0.15) is 5.75 Å². The van der Waals surface area contributed by atoms with Gasteiger partial charge in [0.05, 0.1) is 16.8 Å². The molecule has 8 nitrogen and oxygen atoms in total. The predicted octanol–water partition coefficient (Wildman–Crippen LogP) is 3.03. The van der Waals surface area contributed by atoms with Gasteiger partial charge in [-0.05, 0) is 43.2 Å². The molecule has 0 amide bonds. The van der Waals surface area contributed by atoms with Gasteiger partial charge in [0.15, 0.2) is 5.58 Å². The van der Waals surface area contributed by atoms with Crippen LogP contribution < -0.4 is 10.5 Å². The minimum absolute atomic E-state index is 0.0312. The largest absolute Gasteiger partial charge is 0.426 e. The fourth-order valence-electron chi connectivity index (χ4n) is 3.41. The molecule has 158 valence electrons. The SMILES string of the molecule is O=C(CCn1c(=O)oc2cc(S(=O)(=O)N3CCCC3)ccc21)Oc1cccc(Cl)c1. The first-order valence-corrected chi connectivity index (χ1v) is 11.3. The number of ether oxygens (including phenoxy) is 1. The van der Waals surface area contributed by atoms with E-state index in [0.29, 0.717) is 29.4 Å². The van der Waals surface area contributed by atoms with Crippen molar-refractivity contribution in [3.05, 3.63) is 58.0 Å². The first-order chi connectivity index (χ1) is 14.3. The van der Waals surface area contributed by atoms with E-state index in [1.807, 2.05) is 0 Å². The highest BCUT2D eigenvalue weighted by Gasteiger charge is 2.28. The molecule has 0 radical (unpaired) electrons. The number of aryl methyl sites for hydroxylation is 1. The van der Waals surface area contributed by atoms with Gasteiger partial charge < -0.3 is 9.15 Å². The molecule has 0 unspecified atom stereocenters. The van der Waals surface area contributed by atoms with E-state index >= 15 is 0 Å². The maximum absolute atomic E-state index is 12.7. The summed E-state index contributed by atoms with van der Waals surface area (Å²) < 4.78 is 38.6. The second-order valence-corrected chi connectivity index (χ2v) is 9.32. The van der Waals surface area contributed by atoms with Crippen LogP contribution >= 0.6 is 11.6 Å². The van der Waals surface area contributed by atoms with Crippen molar-refractivity contribution in [1.82, 2.24) is 8.87 Å². The number of halogens is 1. The zero-order chi connectivity index (χ0) is 21.3. The highest BCUT2D eigenvalue weighted by molar-refractivity contribution is 7.89. The number of carbonyl (C=O) groups is 1. The summed E-state index contributed by atoms with van der Waals surface area (Å²) in [5.74, 6) is -0.892. The Kier molecular flexibility index (Phi) is 5.68. The zero-order valence-electron chi connectivity index (χ0n) is 15.9. The van der Waals surface area contributed by atoms with Gasteiger partial charge in [0, 0.05) is 30.7 Å². The second kappa shape index (κ2) is 8.25. The van der Waals surface area contributed by atoms with Gasteiger partial charge in [-0.15, -0.1) is 0 Å². The average Bonchev–Trinajstić information content (AvgIpc) is 3.34. The summed E-state index contributed by atoms with van der Waals surface area (Å²) in [6.45, 7) is 1.00. The Morgan fingerprint density at radius 2 is 1.90 bits per heavy atom. The van der Waals surface area contributed by atoms with E-state index in [1.165, 1.54) is 33.1 Å². The van der Waals surface area contributed by atoms with Gasteiger partial charge in [-0.2, -0.15) is 4.31 Å². The maximum Gasteiger partial charge on any atom is 0.419 e. The quantitative estimate of drug-likeness (QED) is 0.423. The third-order valence-corrected chi connectivity index (χ3v) is 7.04. The number of nitrogens with zero attached hydrogens (tertiary/aromatic N) is 2. The highest BCUT2D eigenvalue weighted by Crippen LogP contribution is 2.24. The Balaban J connectivity index is 1.51. The summed E-state index contributed by atoms with van der Waals surface area (Å²) in [5, 5.41) is 0.442. The first kappa shape index (κ1) is 20.6. The van der Waals surface area contributed by atoms with Crippen molar-refractivity contribution in [1.29, 1.82) is 0 Å². The number of carbonyl (C=O) groups excluding carboxylic acids is 1. The summed E-state index contributed by atoms with van der Waals surface area (Å²) in [6, 6.07) is 10.8. The minimum atomic E-state index is -3.62. The Morgan fingerprint density at radius 1 is 1.13 bits per heavy atom. The second-order valence-electron chi connectivity index (χ2n) is 6.94. The Morgan fingerprint density at radius 3 is 2.63 bits per heavy atom. The molecule has 1 saturated heterocycles. The molecule has 2 heterocycles. The van der Waals surface area contributed by atoms with Crippen LogP contribution in [0.5, 0.6) is 5.75 Å². The van der Waals surface area contributed by atoms with E-state index < -0.39 is 21.7 Å². The third kappa shape index (κ3) is 4.14. The van der Waals surface area contributed by atoms with E-state index in [1.54, 1.807) is 18.2 Å². The summed E-state index contributed by atoms with van der Waals surface area (Å²) in [5.41, 5.74) is 0.569. The standard InChI is InChI=1S/C20H19ClN2O6S/c21-14-4-3-5-15(12-14)28-19(24)8-11-23-17-7-6-16(13-18(17)29-20(23)25)30(26,27)22-9-1-2-10-22/h3-7,12-13H,1-2,8-11H2. The van der Waals surface area contributed by atoms with Crippen LogP contribution in [0.25, 0.3) is 11.1 Å². The number of rotatable bonds is 6. The monoisotopic (exact) mass is 450 g/mol. The van der Waals surface area contributed by atoms with Crippen LogP contribution in [0, 0.1) is 0 Å². The molecule has 0 saturated carbocycles. The van der Waals surface area contributed by atoms with Crippen LogP contribution in [0.2, 0.25) is 5.02 Å². The minimum Gasteiger partial charge on any atom is -0.426 e. The smallest absolute Gasteiger partial charge is 0.419 e. The van der Waals surface area contributed by atoms with Crippen LogP contribution in [-0.2, 0) is 21.4 Å². The van der Waals surface area contributed by atoms with E-state index in [4.69, 9.17) is 20.8 Å². The van der Waals surface area contributed by atoms with Gasteiger partial charge in [-0.25, -0.2) is 13.2 Å². The molecule has 30 heavy (non-hydrogen) atoms. The van der Waals surface area contributed by atoms with Crippen LogP contribution in [0.4, 0.5) is 0 Å². The maximum atomic E-state index is 12.7. The van der Waals surface area contributed by atoms with Crippen molar-refractivity contribution in [3.63, 3.8) is 0 Å². The van der Waals surface area contributed by atoms with Crippen LogP contribution in [0.3, 0.4) is 0 Å². The molecule has 0 atom stereocenters. The number of sulfonamides is 1. The van der Waals surface area contributed by atoms with Crippen molar-refractivity contribution in [2.24, 2.45) is 0 Å².